The van der Waals surface area contributed by atoms with E-state index < -0.39 is 51.1 Å². The number of hydrogen-bond acceptors (Lipinski definition) is 5. The second-order valence-electron chi connectivity index (χ2n) is 8.41. The van der Waals surface area contributed by atoms with Gasteiger partial charge in [-0.2, -0.15) is 13.2 Å². The topological polar surface area (TPSA) is 70.6 Å². The van der Waals surface area contributed by atoms with Gasteiger partial charge in [0.05, 0.1) is 22.7 Å². The van der Waals surface area contributed by atoms with Gasteiger partial charge in [0.15, 0.2) is 15.5 Å². The molecule has 0 atom stereocenters. The quantitative estimate of drug-likeness (QED) is 0.603. The van der Waals surface area contributed by atoms with E-state index in [0.29, 0.717) is 17.9 Å². The third-order valence-electron chi connectivity index (χ3n) is 6.13. The normalized spacial score (nSPS) is 19.9. The number of piperidine rings is 1. The molecule has 1 amide bonds. The highest BCUT2D eigenvalue weighted by Gasteiger charge is 2.64. The molecule has 0 unspecified atom stereocenters. The maximum Gasteiger partial charge on any atom is 0.434 e. The van der Waals surface area contributed by atoms with Gasteiger partial charge in [-0.3, -0.25) is 9.78 Å². The molecule has 1 aromatic carbocycles. The molecule has 1 saturated carbocycles. The van der Waals surface area contributed by atoms with Crippen molar-refractivity contribution in [3.63, 3.8) is 0 Å². The van der Waals surface area contributed by atoms with E-state index in [2.05, 4.69) is 4.98 Å². The van der Waals surface area contributed by atoms with E-state index in [0.717, 1.165) is 35.7 Å². The van der Waals surface area contributed by atoms with E-state index in [9.17, 15) is 35.2 Å². The molecule has 2 aromatic rings. The number of carbonyl (C=O) groups excluding carboxylic acids is 1. The number of alkyl halides is 5. The van der Waals surface area contributed by atoms with Crippen LogP contribution in [0, 0.1) is 5.41 Å². The molecule has 1 aliphatic heterocycles. The highest BCUT2D eigenvalue weighted by Crippen LogP contribution is 2.61. The fraction of sp³-hybridized carbons (Fsp3) is 0.429. The average molecular weight is 489 g/mol. The van der Waals surface area contributed by atoms with Crippen molar-refractivity contribution in [1.29, 1.82) is 0 Å². The number of carbonyl (C=O) groups is 1. The molecule has 4 rings (SSSR count). The maximum atomic E-state index is 14.9. The Hall–Kier alpha value is -2.60. The third-order valence-corrected chi connectivity index (χ3v) is 7.24. The second kappa shape index (κ2) is 7.73. The van der Waals surface area contributed by atoms with Gasteiger partial charge >= 0.3 is 6.18 Å². The summed E-state index contributed by atoms with van der Waals surface area (Å²) in [5, 5.41) is 1.70. The van der Waals surface area contributed by atoms with Crippen LogP contribution >= 0.6 is 0 Å². The highest BCUT2D eigenvalue weighted by atomic mass is 32.2. The largest absolute Gasteiger partial charge is 0.434 e. The summed E-state index contributed by atoms with van der Waals surface area (Å²) in [6.07, 6.45) is -2.43. The van der Waals surface area contributed by atoms with Crippen LogP contribution in [0.15, 0.2) is 47.5 Å². The van der Waals surface area contributed by atoms with Gasteiger partial charge in [-0.1, -0.05) is 6.07 Å². The standard InChI is InChI=1S/C21H20F5N3O3S/c1-33(31,32)15-5-2-4-14(12-15)29(28-11-9-19(7-8-19)20(22,23)13-28)18(30)16-6-3-10-27-17(16)21(24,25)26/h2-6,10,12H,7-9,11,13H2,1H3. The average Bonchev–Trinajstić information content (AvgIpc) is 3.51. The monoisotopic (exact) mass is 489 g/mol. The second-order valence-corrected chi connectivity index (χ2v) is 10.4. The lowest BCUT2D eigenvalue weighted by Gasteiger charge is -2.44. The lowest BCUT2D eigenvalue weighted by molar-refractivity contribution is -0.141. The molecule has 2 fully saturated rings. The molecule has 12 heteroatoms. The Bertz CT molecular complexity index is 1200. The first kappa shape index (κ1) is 23.6. The van der Waals surface area contributed by atoms with Gasteiger partial charge in [0.2, 0.25) is 0 Å². The lowest BCUT2D eigenvalue weighted by Crippen LogP contribution is -2.58. The Balaban J connectivity index is 1.82. The van der Waals surface area contributed by atoms with Gasteiger partial charge in [0.25, 0.3) is 11.8 Å². The number of rotatable bonds is 4. The Morgan fingerprint density at radius 2 is 1.82 bits per heavy atom. The van der Waals surface area contributed by atoms with Crippen molar-refractivity contribution < 1.29 is 35.2 Å². The minimum absolute atomic E-state index is 0.00789. The molecule has 2 aliphatic rings. The Morgan fingerprint density at radius 3 is 2.39 bits per heavy atom. The number of aromatic nitrogens is 1. The van der Waals surface area contributed by atoms with Crippen LogP contribution in [-0.4, -0.2) is 49.6 Å². The predicted molar refractivity (Wildman–Crippen MR) is 108 cm³/mol. The number of hydrogen-bond donors (Lipinski definition) is 0. The van der Waals surface area contributed by atoms with Gasteiger partial charge in [0, 0.05) is 24.4 Å². The first-order chi connectivity index (χ1) is 15.3. The van der Waals surface area contributed by atoms with Crippen molar-refractivity contribution >= 4 is 21.4 Å². The number of nitrogens with zero attached hydrogens (tertiary/aromatic N) is 3. The molecule has 1 saturated heterocycles. The fourth-order valence-corrected chi connectivity index (χ4v) is 4.77. The summed E-state index contributed by atoms with van der Waals surface area (Å²) in [6.45, 7) is -0.893. The van der Waals surface area contributed by atoms with E-state index >= 15 is 0 Å². The van der Waals surface area contributed by atoms with Crippen LogP contribution < -0.4 is 5.01 Å². The van der Waals surface area contributed by atoms with Crippen LogP contribution in [0.2, 0.25) is 0 Å². The molecule has 1 aliphatic carbocycles. The zero-order valence-corrected chi connectivity index (χ0v) is 18.3. The Kier molecular flexibility index (Phi) is 5.51. The molecular formula is C21H20F5N3O3S. The van der Waals surface area contributed by atoms with Crippen molar-refractivity contribution in [1.82, 2.24) is 9.99 Å². The van der Waals surface area contributed by atoms with E-state index in [4.69, 9.17) is 0 Å². The minimum Gasteiger partial charge on any atom is -0.267 e. The summed E-state index contributed by atoms with van der Waals surface area (Å²) in [7, 11) is -3.74. The molecule has 6 nitrogen and oxygen atoms in total. The number of halogens is 5. The van der Waals surface area contributed by atoms with E-state index in [1.54, 1.807) is 0 Å². The van der Waals surface area contributed by atoms with Crippen molar-refractivity contribution in [2.45, 2.75) is 36.3 Å². The molecule has 33 heavy (non-hydrogen) atoms. The summed E-state index contributed by atoms with van der Waals surface area (Å²) in [4.78, 5) is 16.5. The zero-order chi connectivity index (χ0) is 24.2. The van der Waals surface area contributed by atoms with Crippen molar-refractivity contribution in [2.24, 2.45) is 5.41 Å². The molecule has 0 radical (unpaired) electrons. The van der Waals surface area contributed by atoms with Crippen molar-refractivity contribution in [3.05, 3.63) is 53.9 Å². The summed E-state index contributed by atoms with van der Waals surface area (Å²) < 4.78 is 94.4. The SMILES string of the molecule is CS(=O)(=O)c1cccc(N(C(=O)c2cccnc2C(F)(F)F)N2CCC3(CC3)C(F)(F)C2)c1. The van der Waals surface area contributed by atoms with Crippen molar-refractivity contribution in [3.8, 4) is 0 Å². The third kappa shape index (κ3) is 4.33. The van der Waals surface area contributed by atoms with E-state index in [1.807, 2.05) is 0 Å². The number of hydrazine groups is 1. The zero-order valence-electron chi connectivity index (χ0n) is 17.4. The smallest absolute Gasteiger partial charge is 0.267 e. The van der Waals surface area contributed by atoms with Gasteiger partial charge in [-0.25, -0.2) is 27.2 Å². The molecule has 1 aromatic heterocycles. The van der Waals surface area contributed by atoms with Crippen molar-refractivity contribution in [2.75, 3.05) is 24.4 Å². The first-order valence-corrected chi connectivity index (χ1v) is 11.9. The Labute approximate surface area is 186 Å². The lowest BCUT2D eigenvalue weighted by atomic mass is 9.90. The van der Waals surface area contributed by atoms with E-state index in [1.165, 1.54) is 18.2 Å². The van der Waals surface area contributed by atoms with Crippen LogP contribution in [0.25, 0.3) is 0 Å². The van der Waals surface area contributed by atoms with Gasteiger partial charge in [-0.15, -0.1) is 0 Å². The molecule has 2 heterocycles. The van der Waals surface area contributed by atoms with Crippen LogP contribution in [0.1, 0.15) is 35.3 Å². The number of sulfone groups is 1. The van der Waals surface area contributed by atoms with E-state index in [-0.39, 0.29) is 23.5 Å². The number of anilines is 1. The molecule has 178 valence electrons. The highest BCUT2D eigenvalue weighted by molar-refractivity contribution is 7.90. The Morgan fingerprint density at radius 1 is 1.12 bits per heavy atom. The van der Waals surface area contributed by atoms with Gasteiger partial charge in [0.1, 0.15) is 0 Å². The molecule has 0 N–H and O–H groups in total. The number of benzene rings is 1. The molecule has 1 spiro atoms. The van der Waals surface area contributed by atoms with Gasteiger partial charge < -0.3 is 0 Å². The molecular weight excluding hydrogens is 469 g/mol. The number of amides is 1. The summed E-state index contributed by atoms with van der Waals surface area (Å²) in [5.41, 5.74) is -3.58. The van der Waals surface area contributed by atoms with Crippen LogP contribution in [-0.2, 0) is 16.0 Å². The maximum absolute atomic E-state index is 14.9. The molecule has 0 bridgehead atoms. The summed E-state index contributed by atoms with van der Waals surface area (Å²) >= 11 is 0. The summed E-state index contributed by atoms with van der Waals surface area (Å²) in [5.74, 6) is -4.40. The van der Waals surface area contributed by atoms with Crippen LogP contribution in [0.5, 0.6) is 0 Å². The fourth-order valence-electron chi connectivity index (χ4n) is 4.11. The van der Waals surface area contributed by atoms with Crippen LogP contribution in [0.3, 0.4) is 0 Å². The summed E-state index contributed by atoms with van der Waals surface area (Å²) in [6, 6.07) is 6.96. The first-order valence-electron chi connectivity index (χ1n) is 10.0. The minimum atomic E-state index is -4.96. The van der Waals surface area contributed by atoms with Gasteiger partial charge in [-0.05, 0) is 49.6 Å². The predicted octanol–water partition coefficient (Wildman–Crippen LogP) is 4.19. The number of pyridine rings is 1. The van der Waals surface area contributed by atoms with Crippen LogP contribution in [0.4, 0.5) is 27.6 Å².